The number of imidazole rings is 1. The fraction of sp³-hybridized carbons (Fsp3) is 0.238. The molecule has 0 radical (unpaired) electrons. The van der Waals surface area contributed by atoms with E-state index in [1.807, 2.05) is 24.3 Å². The van der Waals surface area contributed by atoms with Crippen LogP contribution < -0.4 is 10.6 Å². The summed E-state index contributed by atoms with van der Waals surface area (Å²) in [7, 11) is 0. The van der Waals surface area contributed by atoms with Crippen molar-refractivity contribution in [3.63, 3.8) is 0 Å². The van der Waals surface area contributed by atoms with Gasteiger partial charge < -0.3 is 15.7 Å². The number of nitrogens with one attached hydrogen (secondary N) is 2. The number of phenolic OH excluding ortho intramolecular Hbond substituents is 1. The molecule has 3 aromatic heterocycles. The van der Waals surface area contributed by atoms with E-state index in [0.29, 0.717) is 18.3 Å². The maximum Gasteiger partial charge on any atom is 0.210 e. The zero-order valence-electron chi connectivity index (χ0n) is 16.4. The predicted octanol–water partition coefficient (Wildman–Crippen LogP) is 3.91. The number of hydrogen-bond donors (Lipinski definition) is 3. The summed E-state index contributed by atoms with van der Waals surface area (Å²) in [6.07, 6.45) is 5.84. The lowest BCUT2D eigenvalue weighted by Crippen LogP contribution is -2.08. The average Bonchev–Trinajstić information content (AvgIpc) is 3.09. The summed E-state index contributed by atoms with van der Waals surface area (Å²) in [4.78, 5) is 17.7. The van der Waals surface area contributed by atoms with Crippen molar-refractivity contribution in [2.75, 3.05) is 17.2 Å². The van der Waals surface area contributed by atoms with Gasteiger partial charge in [-0.1, -0.05) is 12.1 Å². The lowest BCUT2D eigenvalue weighted by atomic mass is 10.1. The molecule has 3 heterocycles. The molecular formula is C21H23N7O. The summed E-state index contributed by atoms with van der Waals surface area (Å²) in [6.45, 7) is 4.89. The van der Waals surface area contributed by atoms with Crippen molar-refractivity contribution in [2.24, 2.45) is 0 Å². The molecule has 0 unspecified atom stereocenters. The van der Waals surface area contributed by atoms with E-state index in [4.69, 9.17) is 4.98 Å². The first-order valence-electron chi connectivity index (χ1n) is 9.53. The van der Waals surface area contributed by atoms with Gasteiger partial charge in [-0.15, -0.1) is 0 Å². The van der Waals surface area contributed by atoms with Crippen molar-refractivity contribution >= 4 is 28.6 Å². The van der Waals surface area contributed by atoms with Crippen LogP contribution in [0.25, 0.3) is 11.2 Å². The van der Waals surface area contributed by atoms with E-state index < -0.39 is 0 Å². The van der Waals surface area contributed by atoms with Crippen LogP contribution in [0.4, 0.5) is 17.5 Å². The second-order valence-electron chi connectivity index (χ2n) is 7.00. The molecule has 1 aromatic carbocycles. The molecule has 29 heavy (non-hydrogen) atoms. The summed E-state index contributed by atoms with van der Waals surface area (Å²) >= 11 is 0. The molecule has 0 saturated carbocycles. The fourth-order valence-electron chi connectivity index (χ4n) is 3.17. The van der Waals surface area contributed by atoms with Crippen LogP contribution in [0.3, 0.4) is 0 Å². The highest BCUT2D eigenvalue weighted by atomic mass is 16.3. The van der Waals surface area contributed by atoms with Crippen LogP contribution in [0.2, 0.25) is 0 Å². The van der Waals surface area contributed by atoms with Crippen LogP contribution in [0.5, 0.6) is 5.75 Å². The molecule has 3 N–H and O–H groups in total. The number of benzene rings is 1. The molecule has 0 aliphatic heterocycles. The van der Waals surface area contributed by atoms with Crippen molar-refractivity contribution in [1.82, 2.24) is 24.5 Å². The lowest BCUT2D eigenvalue weighted by Gasteiger charge is -2.13. The van der Waals surface area contributed by atoms with E-state index in [0.717, 1.165) is 28.8 Å². The Labute approximate surface area is 168 Å². The maximum absolute atomic E-state index is 9.40. The number of hydrogen-bond acceptors (Lipinski definition) is 7. The van der Waals surface area contributed by atoms with Crippen molar-refractivity contribution in [3.05, 3.63) is 60.7 Å². The molecule has 0 amide bonds. The topological polar surface area (TPSA) is 101 Å². The lowest BCUT2D eigenvalue weighted by molar-refractivity contribution is 0.475. The van der Waals surface area contributed by atoms with Gasteiger partial charge in [0.05, 0.1) is 0 Å². The van der Waals surface area contributed by atoms with Crippen molar-refractivity contribution < 1.29 is 5.11 Å². The van der Waals surface area contributed by atoms with Gasteiger partial charge in [-0.2, -0.15) is 0 Å². The second-order valence-corrected chi connectivity index (χ2v) is 7.00. The Morgan fingerprint density at radius 1 is 1.03 bits per heavy atom. The number of pyridine rings is 1. The Hall–Kier alpha value is -3.68. The SMILES string of the molecule is CC(C)n1c(Nc2ccncc2)nc2c(NCCc3ccc(O)cc3)ncnc21. The van der Waals surface area contributed by atoms with Gasteiger partial charge >= 0.3 is 0 Å². The minimum Gasteiger partial charge on any atom is -0.508 e. The molecule has 8 nitrogen and oxygen atoms in total. The normalized spacial score (nSPS) is 11.1. The molecule has 148 valence electrons. The molecule has 4 aromatic rings. The standard InChI is InChI=1S/C21H23N7O/c1-14(2)28-20-18(27-21(28)26-16-8-10-22-11-9-16)19(24-13-25-20)23-12-7-15-3-5-17(29)6-4-15/h3-6,8-11,13-14,29H,7,12H2,1-2H3,(H,22,26,27)(H,23,24,25). The van der Waals surface area contributed by atoms with Crippen molar-refractivity contribution in [3.8, 4) is 5.75 Å². The Morgan fingerprint density at radius 2 is 1.79 bits per heavy atom. The number of aromatic nitrogens is 5. The third kappa shape index (κ3) is 4.11. The van der Waals surface area contributed by atoms with Crippen LogP contribution in [0.15, 0.2) is 55.1 Å². The number of nitrogens with zero attached hydrogens (tertiary/aromatic N) is 5. The number of anilines is 3. The maximum atomic E-state index is 9.40. The molecular weight excluding hydrogens is 366 g/mol. The third-order valence-electron chi connectivity index (χ3n) is 4.57. The highest BCUT2D eigenvalue weighted by molar-refractivity contribution is 5.86. The highest BCUT2D eigenvalue weighted by Gasteiger charge is 2.18. The van der Waals surface area contributed by atoms with Gasteiger partial charge in [-0.25, -0.2) is 15.0 Å². The number of aromatic hydroxyl groups is 1. The molecule has 8 heteroatoms. The fourth-order valence-corrected chi connectivity index (χ4v) is 3.17. The summed E-state index contributed by atoms with van der Waals surface area (Å²) in [6, 6.07) is 11.2. The summed E-state index contributed by atoms with van der Waals surface area (Å²) < 4.78 is 2.06. The van der Waals surface area contributed by atoms with Crippen LogP contribution in [0.1, 0.15) is 25.5 Å². The minimum atomic E-state index is 0.170. The average molecular weight is 389 g/mol. The molecule has 0 fully saturated rings. The van der Waals surface area contributed by atoms with Gasteiger partial charge in [0.25, 0.3) is 0 Å². The van der Waals surface area contributed by atoms with Gasteiger partial charge in [0.2, 0.25) is 5.95 Å². The monoisotopic (exact) mass is 389 g/mol. The second kappa shape index (κ2) is 8.14. The van der Waals surface area contributed by atoms with E-state index in [1.54, 1.807) is 30.9 Å². The van der Waals surface area contributed by atoms with Gasteiger partial charge in [-0.05, 0) is 50.1 Å². The largest absolute Gasteiger partial charge is 0.508 e. The molecule has 0 spiro atoms. The van der Waals surface area contributed by atoms with Crippen LogP contribution >= 0.6 is 0 Å². The summed E-state index contributed by atoms with van der Waals surface area (Å²) in [5.74, 6) is 1.68. The minimum absolute atomic E-state index is 0.170. The Bertz CT molecular complexity index is 1090. The molecule has 0 saturated heterocycles. The first-order chi connectivity index (χ1) is 14.1. The Morgan fingerprint density at radius 3 is 2.52 bits per heavy atom. The number of phenols is 1. The van der Waals surface area contributed by atoms with Gasteiger partial charge in [0, 0.05) is 30.7 Å². The van der Waals surface area contributed by atoms with Crippen LogP contribution in [0, 0.1) is 0 Å². The van der Waals surface area contributed by atoms with Crippen LogP contribution in [-0.2, 0) is 6.42 Å². The third-order valence-corrected chi connectivity index (χ3v) is 4.57. The summed E-state index contributed by atoms with van der Waals surface area (Å²) in [5, 5.41) is 16.1. The first kappa shape index (κ1) is 18.7. The van der Waals surface area contributed by atoms with E-state index in [2.05, 4.69) is 44.0 Å². The molecule has 0 atom stereocenters. The van der Waals surface area contributed by atoms with Gasteiger partial charge in [-0.3, -0.25) is 9.55 Å². The first-order valence-corrected chi connectivity index (χ1v) is 9.53. The van der Waals surface area contributed by atoms with Gasteiger partial charge in [0.1, 0.15) is 12.1 Å². The van der Waals surface area contributed by atoms with E-state index >= 15 is 0 Å². The number of fused-ring (bicyclic) bond motifs is 1. The molecule has 0 aliphatic rings. The Kier molecular flexibility index (Phi) is 5.24. The predicted molar refractivity (Wildman–Crippen MR) is 114 cm³/mol. The number of rotatable bonds is 7. The molecule has 0 aliphatic carbocycles. The van der Waals surface area contributed by atoms with E-state index in [1.165, 1.54) is 0 Å². The quantitative estimate of drug-likeness (QED) is 0.440. The van der Waals surface area contributed by atoms with Crippen LogP contribution in [-0.4, -0.2) is 36.2 Å². The molecule has 4 rings (SSSR count). The smallest absolute Gasteiger partial charge is 0.210 e. The zero-order chi connectivity index (χ0) is 20.2. The van der Waals surface area contributed by atoms with Gasteiger partial charge in [0.15, 0.2) is 17.0 Å². The Balaban J connectivity index is 1.59. The van der Waals surface area contributed by atoms with E-state index in [-0.39, 0.29) is 11.8 Å². The van der Waals surface area contributed by atoms with E-state index in [9.17, 15) is 5.11 Å². The van der Waals surface area contributed by atoms with Crippen molar-refractivity contribution in [2.45, 2.75) is 26.3 Å². The highest BCUT2D eigenvalue weighted by Crippen LogP contribution is 2.28. The van der Waals surface area contributed by atoms with Crippen molar-refractivity contribution in [1.29, 1.82) is 0 Å². The zero-order valence-corrected chi connectivity index (χ0v) is 16.4. The molecule has 0 bridgehead atoms. The summed E-state index contributed by atoms with van der Waals surface area (Å²) in [5.41, 5.74) is 3.54.